The van der Waals surface area contributed by atoms with E-state index in [1.807, 2.05) is 29.2 Å². The molecule has 0 aromatic heterocycles. The van der Waals surface area contributed by atoms with Crippen LogP contribution in [0, 0.1) is 11.8 Å². The molecule has 5 heteroatoms. The van der Waals surface area contributed by atoms with E-state index in [-0.39, 0.29) is 23.7 Å². The molecule has 0 bridgehead atoms. The van der Waals surface area contributed by atoms with Crippen molar-refractivity contribution in [3.05, 3.63) is 34.9 Å². The van der Waals surface area contributed by atoms with Crippen molar-refractivity contribution in [2.75, 3.05) is 13.1 Å². The summed E-state index contributed by atoms with van der Waals surface area (Å²) in [4.78, 5) is 27.0. The van der Waals surface area contributed by atoms with E-state index in [1.165, 1.54) is 5.56 Å². The molecule has 1 heterocycles. The van der Waals surface area contributed by atoms with Gasteiger partial charge in [-0.2, -0.15) is 0 Å². The molecule has 1 aliphatic heterocycles. The van der Waals surface area contributed by atoms with Crippen molar-refractivity contribution < 1.29 is 9.59 Å². The maximum absolute atomic E-state index is 12.8. The number of nitrogens with zero attached hydrogens (tertiary/aromatic N) is 1. The van der Waals surface area contributed by atoms with Crippen LogP contribution in [0.25, 0.3) is 0 Å². The number of hydrogen-bond acceptors (Lipinski definition) is 2. The van der Waals surface area contributed by atoms with E-state index in [2.05, 4.69) is 5.32 Å². The van der Waals surface area contributed by atoms with E-state index < -0.39 is 0 Å². The highest BCUT2D eigenvalue weighted by Crippen LogP contribution is 2.49. The van der Waals surface area contributed by atoms with Gasteiger partial charge in [-0.05, 0) is 55.7 Å². The number of carbonyl (C=O) groups is 2. The van der Waals surface area contributed by atoms with Crippen molar-refractivity contribution >= 4 is 23.4 Å². The highest BCUT2D eigenvalue weighted by molar-refractivity contribution is 6.30. The molecule has 24 heavy (non-hydrogen) atoms. The topological polar surface area (TPSA) is 49.4 Å². The molecule has 2 saturated carbocycles. The van der Waals surface area contributed by atoms with Crippen LogP contribution in [-0.4, -0.2) is 35.8 Å². The van der Waals surface area contributed by atoms with Crippen LogP contribution in [0.2, 0.25) is 5.02 Å². The highest BCUT2D eigenvalue weighted by atomic mass is 35.5. The number of benzene rings is 1. The van der Waals surface area contributed by atoms with Crippen LogP contribution in [0.5, 0.6) is 0 Å². The maximum atomic E-state index is 12.8. The van der Waals surface area contributed by atoms with Crippen LogP contribution < -0.4 is 5.32 Å². The third-order valence-corrected chi connectivity index (χ3v) is 5.69. The van der Waals surface area contributed by atoms with Gasteiger partial charge in [0.2, 0.25) is 11.8 Å². The zero-order valence-electron chi connectivity index (χ0n) is 13.7. The molecule has 0 radical (unpaired) electrons. The van der Waals surface area contributed by atoms with Gasteiger partial charge in [0, 0.05) is 30.1 Å². The molecular weight excluding hydrogens is 324 g/mol. The lowest BCUT2D eigenvalue weighted by Gasteiger charge is -2.32. The SMILES string of the molecule is O=C(NC1CC1)[C@@H]1CCCN(C(=O)[C@H]2C[C@H]2c2ccc(Cl)cc2)C1. The van der Waals surface area contributed by atoms with Crippen LogP contribution >= 0.6 is 11.6 Å². The highest BCUT2D eigenvalue weighted by Gasteiger charge is 2.46. The lowest BCUT2D eigenvalue weighted by atomic mass is 9.96. The summed E-state index contributed by atoms with van der Waals surface area (Å²) in [6, 6.07) is 8.19. The normalized spacial score (nSPS) is 29.2. The number of likely N-dealkylation sites (tertiary alicyclic amines) is 1. The van der Waals surface area contributed by atoms with Gasteiger partial charge in [-0.1, -0.05) is 23.7 Å². The Kier molecular flexibility index (Phi) is 4.25. The quantitative estimate of drug-likeness (QED) is 0.911. The Hall–Kier alpha value is -1.55. The fraction of sp³-hybridized carbons (Fsp3) is 0.579. The van der Waals surface area contributed by atoms with Crippen LogP contribution in [0.1, 0.15) is 43.6 Å². The Morgan fingerprint density at radius 1 is 1.12 bits per heavy atom. The molecule has 0 unspecified atom stereocenters. The number of hydrogen-bond donors (Lipinski definition) is 1. The lowest BCUT2D eigenvalue weighted by molar-refractivity contribution is -0.136. The summed E-state index contributed by atoms with van der Waals surface area (Å²) in [7, 11) is 0. The van der Waals surface area contributed by atoms with Gasteiger partial charge in [0.25, 0.3) is 0 Å². The molecule has 4 nitrogen and oxygen atoms in total. The fourth-order valence-corrected chi connectivity index (χ4v) is 3.84. The van der Waals surface area contributed by atoms with Crippen molar-refractivity contribution in [2.45, 2.75) is 44.1 Å². The molecule has 1 saturated heterocycles. The van der Waals surface area contributed by atoms with E-state index >= 15 is 0 Å². The van der Waals surface area contributed by atoms with Crippen LogP contribution in [-0.2, 0) is 9.59 Å². The molecule has 1 N–H and O–H groups in total. The fourth-order valence-electron chi connectivity index (χ4n) is 3.72. The van der Waals surface area contributed by atoms with E-state index in [9.17, 15) is 9.59 Å². The van der Waals surface area contributed by atoms with Crippen molar-refractivity contribution in [3.63, 3.8) is 0 Å². The molecule has 4 rings (SSSR count). The van der Waals surface area contributed by atoms with Crippen molar-refractivity contribution in [3.8, 4) is 0 Å². The lowest BCUT2D eigenvalue weighted by Crippen LogP contribution is -2.46. The smallest absolute Gasteiger partial charge is 0.226 e. The van der Waals surface area contributed by atoms with Crippen LogP contribution in [0.3, 0.4) is 0 Å². The van der Waals surface area contributed by atoms with Gasteiger partial charge in [-0.25, -0.2) is 0 Å². The second-order valence-corrected chi connectivity index (χ2v) is 7.84. The monoisotopic (exact) mass is 346 g/mol. The second-order valence-electron chi connectivity index (χ2n) is 7.41. The summed E-state index contributed by atoms with van der Waals surface area (Å²) in [5.41, 5.74) is 1.19. The summed E-state index contributed by atoms with van der Waals surface area (Å²) >= 11 is 5.93. The van der Waals surface area contributed by atoms with E-state index in [0.29, 0.717) is 18.5 Å². The van der Waals surface area contributed by atoms with E-state index in [4.69, 9.17) is 11.6 Å². The summed E-state index contributed by atoms with van der Waals surface area (Å²) in [6.45, 7) is 1.37. The predicted molar refractivity (Wildman–Crippen MR) is 92.8 cm³/mol. The van der Waals surface area contributed by atoms with Crippen molar-refractivity contribution in [1.82, 2.24) is 10.2 Å². The van der Waals surface area contributed by atoms with Gasteiger partial charge in [-0.3, -0.25) is 9.59 Å². The molecule has 3 atom stereocenters. The van der Waals surface area contributed by atoms with E-state index in [0.717, 1.165) is 43.7 Å². The predicted octanol–water partition coefficient (Wildman–Crippen LogP) is 2.96. The Morgan fingerprint density at radius 3 is 2.58 bits per heavy atom. The summed E-state index contributed by atoms with van der Waals surface area (Å²) in [5.74, 6) is 0.724. The Labute approximate surface area is 147 Å². The molecule has 3 aliphatic rings. The minimum absolute atomic E-state index is 0.0315. The molecule has 1 aromatic carbocycles. The minimum Gasteiger partial charge on any atom is -0.353 e. The molecule has 1 aromatic rings. The molecular formula is C19H23ClN2O2. The summed E-state index contributed by atoms with van der Waals surface area (Å²) in [5, 5.41) is 3.80. The number of carbonyl (C=O) groups excluding carboxylic acids is 2. The number of piperidine rings is 1. The third-order valence-electron chi connectivity index (χ3n) is 5.43. The zero-order chi connectivity index (χ0) is 16.7. The molecule has 3 fully saturated rings. The minimum atomic E-state index is -0.0315. The zero-order valence-corrected chi connectivity index (χ0v) is 14.5. The first-order valence-electron chi connectivity index (χ1n) is 8.96. The largest absolute Gasteiger partial charge is 0.353 e. The second kappa shape index (κ2) is 6.40. The standard InChI is InChI=1S/C19H23ClN2O2/c20-14-5-3-12(4-6-14)16-10-17(16)19(24)22-9-1-2-13(11-22)18(23)21-15-7-8-15/h3-6,13,15-17H,1-2,7-11H2,(H,21,23)/t13-,16+,17+/m1/s1. The number of halogens is 1. The van der Waals surface area contributed by atoms with Gasteiger partial charge in [0.05, 0.1) is 5.92 Å². The number of amides is 2. The van der Waals surface area contributed by atoms with Gasteiger partial charge < -0.3 is 10.2 Å². The number of rotatable bonds is 4. The first-order chi connectivity index (χ1) is 11.6. The van der Waals surface area contributed by atoms with Gasteiger partial charge in [0.15, 0.2) is 0 Å². The molecule has 2 aliphatic carbocycles. The van der Waals surface area contributed by atoms with Crippen molar-refractivity contribution in [2.24, 2.45) is 11.8 Å². The third kappa shape index (κ3) is 3.44. The first kappa shape index (κ1) is 15.9. The van der Waals surface area contributed by atoms with E-state index in [1.54, 1.807) is 0 Å². The average Bonchev–Trinajstić information content (AvgIpc) is 3.50. The first-order valence-corrected chi connectivity index (χ1v) is 9.34. The molecule has 128 valence electrons. The van der Waals surface area contributed by atoms with Crippen molar-refractivity contribution in [1.29, 1.82) is 0 Å². The van der Waals surface area contributed by atoms with Crippen LogP contribution in [0.4, 0.5) is 0 Å². The van der Waals surface area contributed by atoms with Gasteiger partial charge in [-0.15, -0.1) is 0 Å². The molecule has 2 amide bonds. The summed E-state index contributed by atoms with van der Waals surface area (Å²) < 4.78 is 0. The molecule has 0 spiro atoms. The van der Waals surface area contributed by atoms with Gasteiger partial charge in [0.1, 0.15) is 0 Å². The average molecular weight is 347 g/mol. The van der Waals surface area contributed by atoms with Gasteiger partial charge >= 0.3 is 0 Å². The Balaban J connectivity index is 1.34. The number of nitrogens with one attached hydrogen (secondary N) is 1. The Morgan fingerprint density at radius 2 is 1.88 bits per heavy atom. The van der Waals surface area contributed by atoms with Crippen LogP contribution in [0.15, 0.2) is 24.3 Å². The maximum Gasteiger partial charge on any atom is 0.226 e. The summed E-state index contributed by atoms with van der Waals surface area (Å²) in [6.07, 6.45) is 4.94. The Bertz CT molecular complexity index is 641.